The van der Waals surface area contributed by atoms with Crippen LogP contribution in [-0.4, -0.2) is 85.2 Å². The lowest BCUT2D eigenvalue weighted by Gasteiger charge is -2.38. The van der Waals surface area contributed by atoms with Crippen LogP contribution < -0.4 is 10.6 Å². The Hall–Kier alpha value is -3.33. The number of nitrogens with one attached hydrogen (secondary N) is 2. The number of carbonyl (C=O) groups is 3. The van der Waals surface area contributed by atoms with Gasteiger partial charge in [-0.25, -0.2) is 14.4 Å². The molecule has 0 aliphatic carbocycles. The summed E-state index contributed by atoms with van der Waals surface area (Å²) in [7, 11) is 0. The first-order chi connectivity index (χ1) is 17.4. The third-order valence-corrected chi connectivity index (χ3v) is 6.43. The Kier molecular flexibility index (Phi) is 9.93. The van der Waals surface area contributed by atoms with Crippen LogP contribution in [0, 0.1) is 6.92 Å². The number of hydrogen-bond donors (Lipinski definition) is 2. The molecular weight excluding hydrogens is 458 g/mol. The van der Waals surface area contributed by atoms with Crippen LogP contribution in [0.5, 0.6) is 0 Å². The van der Waals surface area contributed by atoms with E-state index in [0.29, 0.717) is 44.0 Å². The number of hydrogen-bond acceptors (Lipinski definition) is 5. The molecule has 196 valence electrons. The standard InChI is InChI=1S/C27H39N5O4/c1-5-13-28-26(34)31-16-8-15-30(17-18-31)19-22-23(25(33)36-7-3)24(21-11-9-20(4)10-12-21)29-27(35)32(22)14-6-2/h6,9-12,24H,2,5,7-8,13-19H2,1,3-4H3,(H,28,34)(H,29,35)/t24-/m0/s1. The molecule has 1 fully saturated rings. The number of nitrogens with zero attached hydrogens (tertiary/aromatic N) is 3. The van der Waals surface area contributed by atoms with Crippen molar-refractivity contribution in [1.29, 1.82) is 0 Å². The molecule has 1 aromatic carbocycles. The van der Waals surface area contributed by atoms with E-state index in [1.807, 2.05) is 43.0 Å². The maximum absolute atomic E-state index is 13.3. The van der Waals surface area contributed by atoms with Crippen molar-refractivity contribution in [2.45, 2.75) is 39.7 Å². The van der Waals surface area contributed by atoms with Gasteiger partial charge in [0.25, 0.3) is 0 Å². The lowest BCUT2D eigenvalue weighted by atomic mass is 9.93. The van der Waals surface area contributed by atoms with E-state index in [4.69, 9.17) is 4.74 Å². The highest BCUT2D eigenvalue weighted by Gasteiger charge is 2.38. The number of benzene rings is 1. The van der Waals surface area contributed by atoms with Crippen LogP contribution in [0.2, 0.25) is 0 Å². The topological polar surface area (TPSA) is 94.2 Å². The smallest absolute Gasteiger partial charge is 0.338 e. The molecule has 0 bridgehead atoms. The molecule has 0 spiro atoms. The number of ether oxygens (including phenoxy) is 1. The minimum Gasteiger partial charge on any atom is -0.463 e. The number of rotatable bonds is 9. The first-order valence-corrected chi connectivity index (χ1v) is 12.8. The van der Waals surface area contributed by atoms with Gasteiger partial charge in [-0.15, -0.1) is 6.58 Å². The Morgan fingerprint density at radius 3 is 2.58 bits per heavy atom. The summed E-state index contributed by atoms with van der Waals surface area (Å²) in [5, 5.41) is 5.94. The predicted octanol–water partition coefficient (Wildman–Crippen LogP) is 3.19. The van der Waals surface area contributed by atoms with E-state index in [9.17, 15) is 14.4 Å². The van der Waals surface area contributed by atoms with Crippen LogP contribution in [0.25, 0.3) is 0 Å². The molecule has 0 saturated carbocycles. The zero-order chi connectivity index (χ0) is 26.1. The summed E-state index contributed by atoms with van der Waals surface area (Å²) >= 11 is 0. The molecule has 1 saturated heterocycles. The SMILES string of the molecule is C=CCN1C(=O)N[C@@H](c2ccc(C)cc2)C(C(=O)OCC)=C1CN1CCCN(C(=O)NCCC)CC1. The van der Waals surface area contributed by atoms with Crippen LogP contribution in [0.15, 0.2) is 48.2 Å². The molecular formula is C27H39N5O4. The van der Waals surface area contributed by atoms with Gasteiger partial charge in [0.15, 0.2) is 0 Å². The van der Waals surface area contributed by atoms with Gasteiger partial charge >= 0.3 is 18.0 Å². The Morgan fingerprint density at radius 2 is 1.92 bits per heavy atom. The first kappa shape index (κ1) is 27.3. The fraction of sp³-hybridized carbons (Fsp3) is 0.519. The second-order valence-corrected chi connectivity index (χ2v) is 9.12. The summed E-state index contributed by atoms with van der Waals surface area (Å²) in [6.45, 7) is 13.8. The van der Waals surface area contributed by atoms with Crippen molar-refractivity contribution < 1.29 is 19.1 Å². The third kappa shape index (κ3) is 6.66. The average Bonchev–Trinajstić information content (AvgIpc) is 3.10. The molecule has 2 aliphatic heterocycles. The zero-order valence-corrected chi connectivity index (χ0v) is 21.7. The number of amides is 4. The van der Waals surface area contributed by atoms with Crippen LogP contribution >= 0.6 is 0 Å². The second-order valence-electron chi connectivity index (χ2n) is 9.12. The van der Waals surface area contributed by atoms with Gasteiger partial charge in [0, 0.05) is 51.5 Å². The lowest BCUT2D eigenvalue weighted by Crippen LogP contribution is -2.51. The fourth-order valence-electron chi connectivity index (χ4n) is 4.54. The summed E-state index contributed by atoms with van der Waals surface area (Å²) in [6.07, 6.45) is 3.34. The summed E-state index contributed by atoms with van der Waals surface area (Å²) in [5.41, 5.74) is 2.96. The number of urea groups is 2. The van der Waals surface area contributed by atoms with Crippen LogP contribution in [0.3, 0.4) is 0 Å². The lowest BCUT2D eigenvalue weighted by molar-refractivity contribution is -0.139. The third-order valence-electron chi connectivity index (χ3n) is 6.43. The van der Waals surface area contributed by atoms with Crippen molar-refractivity contribution in [3.63, 3.8) is 0 Å². The van der Waals surface area contributed by atoms with E-state index in [1.165, 1.54) is 0 Å². The molecule has 9 heteroatoms. The molecule has 4 amide bonds. The number of carbonyl (C=O) groups excluding carboxylic acids is 3. The van der Waals surface area contributed by atoms with Gasteiger partial charge in [-0.05, 0) is 32.3 Å². The monoisotopic (exact) mass is 497 g/mol. The van der Waals surface area contributed by atoms with Gasteiger partial charge < -0.3 is 20.3 Å². The molecule has 0 unspecified atom stereocenters. The largest absolute Gasteiger partial charge is 0.463 e. The van der Waals surface area contributed by atoms with Gasteiger partial charge in [-0.1, -0.05) is 42.8 Å². The number of esters is 1. The molecule has 3 rings (SSSR count). The van der Waals surface area contributed by atoms with Gasteiger partial charge in [0.05, 0.1) is 18.2 Å². The van der Waals surface area contributed by atoms with Crippen molar-refractivity contribution in [3.05, 3.63) is 59.3 Å². The molecule has 1 atom stereocenters. The molecule has 2 N–H and O–H groups in total. The van der Waals surface area contributed by atoms with Crippen LogP contribution in [0.1, 0.15) is 43.9 Å². The van der Waals surface area contributed by atoms with E-state index in [1.54, 1.807) is 17.9 Å². The highest BCUT2D eigenvalue weighted by Crippen LogP contribution is 2.32. The molecule has 0 radical (unpaired) electrons. The van der Waals surface area contributed by atoms with Crippen molar-refractivity contribution in [1.82, 2.24) is 25.3 Å². The minimum absolute atomic E-state index is 0.0464. The minimum atomic E-state index is -0.614. The number of aryl methyl sites for hydroxylation is 1. The van der Waals surface area contributed by atoms with Crippen molar-refractivity contribution in [2.24, 2.45) is 0 Å². The molecule has 2 aliphatic rings. The van der Waals surface area contributed by atoms with Crippen molar-refractivity contribution in [2.75, 3.05) is 52.4 Å². The maximum Gasteiger partial charge on any atom is 0.338 e. The van der Waals surface area contributed by atoms with E-state index in [-0.39, 0.29) is 25.2 Å². The molecule has 2 heterocycles. The molecule has 9 nitrogen and oxygen atoms in total. The quantitative estimate of drug-likeness (QED) is 0.404. The Labute approximate surface area is 214 Å². The van der Waals surface area contributed by atoms with E-state index < -0.39 is 12.0 Å². The van der Waals surface area contributed by atoms with Crippen LogP contribution in [0.4, 0.5) is 9.59 Å². The summed E-state index contributed by atoms with van der Waals surface area (Å²) in [4.78, 5) is 44.6. The summed E-state index contributed by atoms with van der Waals surface area (Å²) in [6, 6.07) is 6.85. The highest BCUT2D eigenvalue weighted by atomic mass is 16.5. The Balaban J connectivity index is 1.94. The normalized spacial score (nSPS) is 19.0. The summed E-state index contributed by atoms with van der Waals surface area (Å²) in [5.74, 6) is -0.442. The highest BCUT2D eigenvalue weighted by molar-refractivity contribution is 5.95. The van der Waals surface area contributed by atoms with Gasteiger partial charge in [-0.2, -0.15) is 0 Å². The van der Waals surface area contributed by atoms with Crippen molar-refractivity contribution >= 4 is 18.0 Å². The maximum atomic E-state index is 13.3. The van der Waals surface area contributed by atoms with E-state index >= 15 is 0 Å². The van der Waals surface area contributed by atoms with Gasteiger partial charge in [0.1, 0.15) is 0 Å². The molecule has 36 heavy (non-hydrogen) atoms. The van der Waals surface area contributed by atoms with E-state index in [2.05, 4.69) is 22.1 Å². The average molecular weight is 498 g/mol. The first-order valence-electron chi connectivity index (χ1n) is 12.8. The predicted molar refractivity (Wildman–Crippen MR) is 139 cm³/mol. The fourth-order valence-corrected chi connectivity index (χ4v) is 4.54. The second kappa shape index (κ2) is 13.1. The van der Waals surface area contributed by atoms with Crippen LogP contribution in [-0.2, 0) is 9.53 Å². The van der Waals surface area contributed by atoms with Gasteiger partial charge in [-0.3, -0.25) is 9.80 Å². The zero-order valence-electron chi connectivity index (χ0n) is 21.7. The summed E-state index contributed by atoms with van der Waals surface area (Å²) < 4.78 is 5.47. The van der Waals surface area contributed by atoms with Gasteiger partial charge in [0.2, 0.25) is 0 Å². The Bertz CT molecular complexity index is 975. The molecule has 0 aromatic heterocycles. The van der Waals surface area contributed by atoms with E-state index in [0.717, 1.165) is 30.5 Å². The Morgan fingerprint density at radius 1 is 1.17 bits per heavy atom. The molecule has 1 aromatic rings. The van der Waals surface area contributed by atoms with Crippen molar-refractivity contribution in [3.8, 4) is 0 Å².